The second kappa shape index (κ2) is 4.58. The van der Waals surface area contributed by atoms with Crippen molar-refractivity contribution >= 4 is 28.8 Å². The number of carbonyl (C=O) groups is 3. The third kappa shape index (κ3) is 2.47. The van der Waals surface area contributed by atoms with Crippen LogP contribution in [-0.2, 0) is 20.7 Å². The highest BCUT2D eigenvalue weighted by atomic mass is 32.2. The summed E-state index contributed by atoms with van der Waals surface area (Å²) in [7, 11) is 1.21. The summed E-state index contributed by atoms with van der Waals surface area (Å²) in [4.78, 5) is 33.9. The molecule has 0 saturated carbocycles. The molecule has 0 radical (unpaired) electrons. The van der Waals surface area contributed by atoms with Gasteiger partial charge in [-0.25, -0.2) is 4.79 Å². The number of thioether (sulfide) groups is 1. The van der Waals surface area contributed by atoms with Crippen LogP contribution in [0.5, 0.6) is 5.75 Å². The van der Waals surface area contributed by atoms with Crippen LogP contribution in [0.25, 0.3) is 0 Å². The van der Waals surface area contributed by atoms with Crippen LogP contribution < -0.4 is 4.74 Å². The number of benzene rings is 1. The summed E-state index contributed by atoms with van der Waals surface area (Å²) in [6, 6.07) is 4.76. The molecule has 17 heavy (non-hydrogen) atoms. The molecule has 1 aliphatic heterocycles. The lowest BCUT2D eigenvalue weighted by Gasteiger charge is -2.13. The van der Waals surface area contributed by atoms with Gasteiger partial charge in [0.05, 0.1) is 7.11 Å². The van der Waals surface area contributed by atoms with Crippen LogP contribution in [0.3, 0.4) is 0 Å². The zero-order valence-electron chi connectivity index (χ0n) is 8.89. The summed E-state index contributed by atoms with van der Waals surface area (Å²) < 4.78 is 9.17. The number of rotatable bonds is 1. The molecule has 1 heterocycles. The molecule has 0 bridgehead atoms. The van der Waals surface area contributed by atoms with Gasteiger partial charge in [-0.2, -0.15) is 0 Å². The van der Waals surface area contributed by atoms with Gasteiger partial charge in [0, 0.05) is 11.3 Å². The molecule has 0 unspecified atom stereocenters. The van der Waals surface area contributed by atoms with Crippen molar-refractivity contribution in [3.8, 4) is 5.75 Å². The number of methoxy groups -OCH3 is 1. The molecule has 0 spiro atoms. The summed E-state index contributed by atoms with van der Waals surface area (Å²) in [5.41, 5.74) is 0.761. The van der Waals surface area contributed by atoms with Gasteiger partial charge in [-0.05, 0) is 29.5 Å². The van der Waals surface area contributed by atoms with E-state index in [9.17, 15) is 14.4 Å². The first-order valence-electron chi connectivity index (χ1n) is 4.74. The number of fused-ring (bicyclic) bond motifs is 1. The van der Waals surface area contributed by atoms with Gasteiger partial charge < -0.3 is 9.47 Å². The Balaban J connectivity index is 2.25. The largest absolute Gasteiger partial charge is 0.513 e. The van der Waals surface area contributed by atoms with Gasteiger partial charge in [0.25, 0.3) is 5.12 Å². The third-order valence-electron chi connectivity index (χ3n) is 2.19. The molecule has 1 aliphatic rings. The first-order valence-corrected chi connectivity index (χ1v) is 5.55. The van der Waals surface area contributed by atoms with E-state index < -0.39 is 17.1 Å². The maximum atomic E-state index is 11.2. The van der Waals surface area contributed by atoms with E-state index >= 15 is 0 Å². The Morgan fingerprint density at radius 2 is 2.12 bits per heavy atom. The van der Waals surface area contributed by atoms with Crippen molar-refractivity contribution in [1.82, 2.24) is 0 Å². The summed E-state index contributed by atoms with van der Waals surface area (Å²) in [6.07, 6.45) is -0.729. The van der Waals surface area contributed by atoms with Crippen molar-refractivity contribution in [2.75, 3.05) is 7.11 Å². The normalized spacial score (nSPS) is 14.2. The number of hydrogen-bond donors (Lipinski definition) is 0. The number of Topliss-reactive ketones (excluding diaryl/α,β-unsaturated/α-hetero) is 1. The molecule has 88 valence electrons. The lowest BCUT2D eigenvalue weighted by atomic mass is 10.1. The Morgan fingerprint density at radius 3 is 2.82 bits per heavy atom. The van der Waals surface area contributed by atoms with Gasteiger partial charge in [-0.1, -0.05) is 6.07 Å². The summed E-state index contributed by atoms with van der Waals surface area (Å²) in [6.45, 7) is 0. The lowest BCUT2D eigenvalue weighted by Crippen LogP contribution is -2.18. The van der Waals surface area contributed by atoms with Gasteiger partial charge in [0.15, 0.2) is 0 Å². The first kappa shape index (κ1) is 11.7. The van der Waals surface area contributed by atoms with Crippen molar-refractivity contribution in [2.45, 2.75) is 11.3 Å². The van der Waals surface area contributed by atoms with Crippen LogP contribution in [-0.4, -0.2) is 24.2 Å². The SMILES string of the molecule is COC(=O)Oc1ccc2c(c1)SC(=O)C(=O)C2. The molecule has 1 aromatic carbocycles. The zero-order valence-corrected chi connectivity index (χ0v) is 9.71. The molecule has 0 aliphatic carbocycles. The van der Waals surface area contributed by atoms with Crippen molar-refractivity contribution in [2.24, 2.45) is 0 Å². The predicted octanol–water partition coefficient (Wildman–Crippen LogP) is 1.58. The first-order chi connectivity index (χ1) is 8.10. The van der Waals surface area contributed by atoms with Gasteiger partial charge in [-0.15, -0.1) is 0 Å². The highest BCUT2D eigenvalue weighted by molar-refractivity contribution is 8.15. The lowest BCUT2D eigenvalue weighted by molar-refractivity contribution is -0.131. The van der Waals surface area contributed by atoms with Crippen molar-refractivity contribution < 1.29 is 23.9 Å². The van der Waals surface area contributed by atoms with Crippen LogP contribution in [0.15, 0.2) is 23.1 Å². The minimum atomic E-state index is -0.826. The van der Waals surface area contributed by atoms with Gasteiger partial charge in [-0.3, -0.25) is 9.59 Å². The molecule has 5 nitrogen and oxygen atoms in total. The maximum absolute atomic E-state index is 11.2. The van der Waals surface area contributed by atoms with E-state index in [0.29, 0.717) is 4.90 Å². The van der Waals surface area contributed by atoms with E-state index in [2.05, 4.69) is 4.74 Å². The van der Waals surface area contributed by atoms with Gasteiger partial charge in [0.1, 0.15) is 5.75 Å². The summed E-state index contributed by atoms with van der Waals surface area (Å²) in [5, 5.41) is -0.493. The molecular weight excluding hydrogens is 244 g/mol. The highest BCUT2D eigenvalue weighted by Crippen LogP contribution is 2.32. The van der Waals surface area contributed by atoms with E-state index in [1.54, 1.807) is 18.2 Å². The highest BCUT2D eigenvalue weighted by Gasteiger charge is 2.25. The zero-order chi connectivity index (χ0) is 12.4. The number of ether oxygens (including phenoxy) is 2. The topological polar surface area (TPSA) is 69.7 Å². The molecule has 0 amide bonds. The Labute approximate surface area is 101 Å². The molecule has 1 aromatic rings. The van der Waals surface area contributed by atoms with E-state index in [0.717, 1.165) is 17.3 Å². The summed E-state index contributed by atoms with van der Waals surface area (Å²) >= 11 is 0.848. The quantitative estimate of drug-likeness (QED) is 0.429. The number of hydrogen-bond acceptors (Lipinski definition) is 6. The van der Waals surface area contributed by atoms with Crippen LogP contribution >= 0.6 is 11.8 Å². The van der Waals surface area contributed by atoms with E-state index in [1.165, 1.54) is 7.11 Å². The fourth-order valence-corrected chi connectivity index (χ4v) is 2.21. The average molecular weight is 252 g/mol. The Morgan fingerprint density at radius 1 is 1.35 bits per heavy atom. The molecular formula is C11H8O5S. The van der Waals surface area contributed by atoms with Gasteiger partial charge in [0.2, 0.25) is 5.78 Å². The van der Waals surface area contributed by atoms with Crippen LogP contribution in [0.2, 0.25) is 0 Å². The van der Waals surface area contributed by atoms with Crippen LogP contribution in [0.4, 0.5) is 4.79 Å². The standard InChI is InChI=1S/C11H8O5S/c1-15-11(14)16-7-3-2-6-4-8(12)10(13)17-9(6)5-7/h2-3,5H,4H2,1H3. The Kier molecular flexibility index (Phi) is 3.14. The number of ketones is 1. The fraction of sp³-hybridized carbons (Fsp3) is 0.182. The molecule has 0 atom stereocenters. The molecule has 2 rings (SSSR count). The molecule has 0 N–H and O–H groups in total. The monoisotopic (exact) mass is 252 g/mol. The van der Waals surface area contributed by atoms with Crippen LogP contribution in [0.1, 0.15) is 5.56 Å². The van der Waals surface area contributed by atoms with Crippen molar-refractivity contribution in [1.29, 1.82) is 0 Å². The number of carbonyl (C=O) groups excluding carboxylic acids is 3. The van der Waals surface area contributed by atoms with E-state index in [1.807, 2.05) is 0 Å². The summed E-state index contributed by atoms with van der Waals surface area (Å²) in [5.74, 6) is -0.130. The smallest absolute Gasteiger partial charge is 0.437 e. The predicted molar refractivity (Wildman–Crippen MR) is 59.1 cm³/mol. The minimum absolute atomic E-state index is 0.0969. The average Bonchev–Trinajstić information content (AvgIpc) is 2.31. The Bertz CT molecular complexity index is 509. The van der Waals surface area contributed by atoms with Crippen molar-refractivity contribution in [3.63, 3.8) is 0 Å². The van der Waals surface area contributed by atoms with Gasteiger partial charge >= 0.3 is 6.16 Å². The van der Waals surface area contributed by atoms with Crippen molar-refractivity contribution in [3.05, 3.63) is 23.8 Å². The molecule has 6 heteroatoms. The van der Waals surface area contributed by atoms with E-state index in [-0.39, 0.29) is 12.2 Å². The second-order valence-electron chi connectivity index (χ2n) is 3.32. The molecule has 0 fully saturated rings. The third-order valence-corrected chi connectivity index (χ3v) is 3.20. The van der Waals surface area contributed by atoms with Crippen LogP contribution in [0, 0.1) is 0 Å². The maximum Gasteiger partial charge on any atom is 0.513 e. The minimum Gasteiger partial charge on any atom is -0.437 e. The Hall–Kier alpha value is -1.82. The molecule has 0 saturated heterocycles. The van der Waals surface area contributed by atoms with E-state index in [4.69, 9.17) is 4.74 Å². The fourth-order valence-electron chi connectivity index (χ4n) is 1.38. The second-order valence-corrected chi connectivity index (χ2v) is 4.33. The molecule has 0 aromatic heterocycles.